The summed E-state index contributed by atoms with van der Waals surface area (Å²) in [6.07, 6.45) is 1.54. The van der Waals surface area contributed by atoms with E-state index in [-0.39, 0.29) is 12.2 Å². The van der Waals surface area contributed by atoms with Crippen molar-refractivity contribution in [3.05, 3.63) is 0 Å². The molecule has 0 saturated carbocycles. The summed E-state index contributed by atoms with van der Waals surface area (Å²) in [4.78, 5) is 2.22. The maximum absolute atomic E-state index is 9.52. The number of aliphatic hydroxyl groups excluding tert-OH is 1. The van der Waals surface area contributed by atoms with Gasteiger partial charge in [0.2, 0.25) is 0 Å². The smallest absolute Gasteiger partial charge is 0.0842 e. The summed E-state index contributed by atoms with van der Waals surface area (Å²) in [5.74, 6) is 0. The van der Waals surface area contributed by atoms with Crippen LogP contribution >= 0.6 is 0 Å². The van der Waals surface area contributed by atoms with Gasteiger partial charge in [-0.3, -0.25) is 0 Å². The molecule has 0 unspecified atom stereocenters. The zero-order valence-corrected chi connectivity index (χ0v) is 7.29. The summed E-state index contributed by atoms with van der Waals surface area (Å²) in [5, 5.41) is 9.52. The number of hydrogen-bond acceptors (Lipinski definition) is 3. The van der Waals surface area contributed by atoms with Crippen molar-refractivity contribution in [2.75, 3.05) is 27.2 Å². The molecular formula is C8H17NO2. The van der Waals surface area contributed by atoms with Crippen LogP contribution in [0.2, 0.25) is 0 Å². The molecule has 11 heavy (non-hydrogen) atoms. The molecule has 0 aromatic heterocycles. The van der Waals surface area contributed by atoms with Crippen molar-refractivity contribution in [3.63, 3.8) is 0 Å². The Balaban J connectivity index is 2.41. The van der Waals surface area contributed by atoms with Crippen LogP contribution < -0.4 is 0 Å². The number of aliphatic hydroxyl groups is 1. The van der Waals surface area contributed by atoms with Gasteiger partial charge in [0.25, 0.3) is 0 Å². The van der Waals surface area contributed by atoms with Crippen LogP contribution in [0.15, 0.2) is 0 Å². The van der Waals surface area contributed by atoms with E-state index in [1.807, 2.05) is 0 Å². The van der Waals surface area contributed by atoms with Gasteiger partial charge in [-0.15, -0.1) is 0 Å². The Morgan fingerprint density at radius 3 is 2.64 bits per heavy atom. The highest BCUT2D eigenvalue weighted by molar-refractivity contribution is 4.75. The van der Waals surface area contributed by atoms with Crippen molar-refractivity contribution in [2.45, 2.75) is 25.0 Å². The monoisotopic (exact) mass is 159 g/mol. The Morgan fingerprint density at radius 2 is 2.00 bits per heavy atom. The highest BCUT2D eigenvalue weighted by Gasteiger charge is 2.22. The third-order valence-corrected chi connectivity index (χ3v) is 2.33. The molecule has 0 aromatic carbocycles. The molecule has 0 radical (unpaired) electrons. The zero-order chi connectivity index (χ0) is 8.27. The minimum Gasteiger partial charge on any atom is -0.390 e. The normalized spacial score (nSPS) is 35.2. The van der Waals surface area contributed by atoms with E-state index in [2.05, 4.69) is 11.9 Å². The van der Waals surface area contributed by atoms with Crippen molar-refractivity contribution in [1.82, 2.24) is 4.90 Å². The summed E-state index contributed by atoms with van der Waals surface area (Å²) in [5.41, 5.74) is 0. The molecule has 0 aromatic rings. The molecule has 1 aliphatic heterocycles. The fourth-order valence-electron chi connectivity index (χ4n) is 1.47. The van der Waals surface area contributed by atoms with Crippen LogP contribution in [0.5, 0.6) is 0 Å². The first-order valence-corrected chi connectivity index (χ1v) is 4.13. The molecular weight excluding hydrogens is 142 g/mol. The zero-order valence-electron chi connectivity index (χ0n) is 7.29. The van der Waals surface area contributed by atoms with E-state index < -0.39 is 0 Å². The van der Waals surface area contributed by atoms with Gasteiger partial charge in [0.05, 0.1) is 12.2 Å². The molecule has 0 bridgehead atoms. The van der Waals surface area contributed by atoms with E-state index in [0.717, 1.165) is 25.9 Å². The van der Waals surface area contributed by atoms with Crippen LogP contribution in [0.3, 0.4) is 0 Å². The van der Waals surface area contributed by atoms with E-state index in [0.29, 0.717) is 0 Å². The van der Waals surface area contributed by atoms with Crippen molar-refractivity contribution in [3.8, 4) is 0 Å². The summed E-state index contributed by atoms with van der Waals surface area (Å²) in [7, 11) is 3.74. The van der Waals surface area contributed by atoms with E-state index in [9.17, 15) is 5.11 Å². The van der Waals surface area contributed by atoms with Crippen LogP contribution in [-0.2, 0) is 4.74 Å². The van der Waals surface area contributed by atoms with Crippen LogP contribution in [0.4, 0.5) is 0 Å². The van der Waals surface area contributed by atoms with Gasteiger partial charge >= 0.3 is 0 Å². The maximum atomic E-state index is 9.52. The van der Waals surface area contributed by atoms with E-state index in [1.165, 1.54) is 0 Å². The second-order valence-electron chi connectivity index (χ2n) is 3.22. The lowest BCUT2D eigenvalue weighted by Gasteiger charge is -2.17. The first-order chi connectivity index (χ1) is 5.24. The summed E-state index contributed by atoms with van der Waals surface area (Å²) in [6.45, 7) is 2.00. The van der Waals surface area contributed by atoms with Crippen LogP contribution in [0, 0.1) is 0 Å². The van der Waals surface area contributed by atoms with Gasteiger partial charge < -0.3 is 14.7 Å². The Labute approximate surface area is 68.0 Å². The molecule has 2 atom stereocenters. The Kier molecular flexibility index (Phi) is 3.30. The van der Waals surface area contributed by atoms with Gasteiger partial charge in [0.1, 0.15) is 0 Å². The largest absolute Gasteiger partial charge is 0.390 e. The number of ether oxygens (including phenoxy) is 1. The molecule has 1 aliphatic rings. The quantitative estimate of drug-likeness (QED) is 0.588. The molecule has 66 valence electrons. The Hall–Kier alpha value is -0.120. The highest BCUT2D eigenvalue weighted by atomic mass is 16.5. The molecule has 3 heteroatoms. The molecule has 1 saturated heterocycles. The van der Waals surface area contributed by atoms with Crippen LogP contribution in [-0.4, -0.2) is 49.5 Å². The lowest BCUT2D eigenvalue weighted by Crippen LogP contribution is -2.27. The minimum absolute atomic E-state index is 0.0416. The number of methoxy groups -OCH3 is 1. The lowest BCUT2D eigenvalue weighted by molar-refractivity contribution is -0.0122. The summed E-state index contributed by atoms with van der Waals surface area (Å²) < 4.78 is 5.16. The summed E-state index contributed by atoms with van der Waals surface area (Å²) in [6, 6.07) is 0. The molecule has 1 heterocycles. The van der Waals surface area contributed by atoms with Crippen LogP contribution in [0.1, 0.15) is 12.8 Å². The second kappa shape index (κ2) is 4.04. The predicted octanol–water partition coefficient (Wildman–Crippen LogP) is 0.0879. The molecule has 3 nitrogen and oxygen atoms in total. The van der Waals surface area contributed by atoms with Crippen molar-refractivity contribution < 1.29 is 9.84 Å². The van der Waals surface area contributed by atoms with Crippen molar-refractivity contribution in [1.29, 1.82) is 0 Å². The van der Waals surface area contributed by atoms with Crippen molar-refractivity contribution >= 4 is 0 Å². The predicted molar refractivity (Wildman–Crippen MR) is 43.5 cm³/mol. The molecule has 1 rings (SSSR count). The molecule has 1 N–H and O–H groups in total. The van der Waals surface area contributed by atoms with E-state index in [4.69, 9.17) is 4.74 Å². The Morgan fingerprint density at radius 1 is 1.36 bits per heavy atom. The third-order valence-electron chi connectivity index (χ3n) is 2.33. The van der Waals surface area contributed by atoms with Crippen LogP contribution in [0.25, 0.3) is 0 Å². The third kappa shape index (κ3) is 2.43. The molecule has 0 amide bonds. The minimum atomic E-state index is -0.273. The van der Waals surface area contributed by atoms with Gasteiger partial charge in [-0.25, -0.2) is 0 Å². The molecule has 0 spiro atoms. The Bertz CT molecular complexity index is 119. The number of rotatable bonds is 1. The maximum Gasteiger partial charge on any atom is 0.0842 e. The van der Waals surface area contributed by atoms with Gasteiger partial charge in [0, 0.05) is 20.2 Å². The van der Waals surface area contributed by atoms with E-state index in [1.54, 1.807) is 7.11 Å². The second-order valence-corrected chi connectivity index (χ2v) is 3.22. The average molecular weight is 159 g/mol. The fraction of sp³-hybridized carbons (Fsp3) is 1.00. The van der Waals surface area contributed by atoms with Gasteiger partial charge in [0.15, 0.2) is 0 Å². The van der Waals surface area contributed by atoms with Gasteiger partial charge in [-0.05, 0) is 19.9 Å². The lowest BCUT2D eigenvalue weighted by atomic mass is 10.1. The number of nitrogens with zero attached hydrogens (tertiary/aromatic N) is 1. The SMILES string of the molecule is CO[C@H]1CCN(C)CC[C@@H]1O. The molecule has 0 aliphatic carbocycles. The van der Waals surface area contributed by atoms with E-state index >= 15 is 0 Å². The molecule has 1 fully saturated rings. The van der Waals surface area contributed by atoms with Gasteiger partial charge in [-0.1, -0.05) is 0 Å². The van der Waals surface area contributed by atoms with Crippen molar-refractivity contribution in [2.24, 2.45) is 0 Å². The topological polar surface area (TPSA) is 32.7 Å². The number of hydrogen-bond donors (Lipinski definition) is 1. The standard InChI is InChI=1S/C8H17NO2/c1-9-5-3-7(10)8(11-2)4-6-9/h7-8,10H,3-6H2,1-2H3/t7-,8-/m0/s1. The highest BCUT2D eigenvalue weighted by Crippen LogP contribution is 2.12. The number of likely N-dealkylation sites (tertiary alicyclic amines) is 1. The van der Waals surface area contributed by atoms with Gasteiger partial charge in [-0.2, -0.15) is 0 Å². The first kappa shape index (κ1) is 8.97. The average Bonchev–Trinajstić information content (AvgIpc) is 2.15. The fourth-order valence-corrected chi connectivity index (χ4v) is 1.47. The summed E-state index contributed by atoms with van der Waals surface area (Å²) >= 11 is 0. The first-order valence-electron chi connectivity index (χ1n) is 4.13.